The Morgan fingerprint density at radius 2 is 2.20 bits per heavy atom. The number of nitrogens with two attached hydrogens (primary N) is 1. The monoisotopic (exact) mass is 337 g/mol. The molecular weight excluding hydrogens is 318 g/mol. The van der Waals surface area contributed by atoms with Crippen molar-refractivity contribution in [2.75, 3.05) is 23.0 Å². The molecule has 0 bridgehead atoms. The van der Waals surface area contributed by atoms with Gasteiger partial charge in [0.1, 0.15) is 11.5 Å². The molecule has 1 aromatic carbocycles. The molecule has 7 nitrogen and oxygen atoms in total. The van der Waals surface area contributed by atoms with E-state index in [0.29, 0.717) is 18.1 Å². The number of carbonyl (C=O) groups excluding carboxylic acids is 1. The molecule has 1 amide bonds. The first-order valence-corrected chi connectivity index (χ1v) is 8.29. The summed E-state index contributed by atoms with van der Waals surface area (Å²) in [5, 5.41) is 6.06. The van der Waals surface area contributed by atoms with Crippen molar-refractivity contribution < 1.29 is 9.53 Å². The topological polar surface area (TPSA) is 102 Å². The van der Waals surface area contributed by atoms with Gasteiger partial charge in [-0.1, -0.05) is 24.3 Å². The molecule has 2 aliphatic rings. The number of hydrogen-bond acceptors (Lipinski definition) is 6. The lowest BCUT2D eigenvalue weighted by Crippen LogP contribution is -2.39. The van der Waals surface area contributed by atoms with E-state index in [0.717, 1.165) is 24.2 Å². The summed E-state index contributed by atoms with van der Waals surface area (Å²) in [5.41, 5.74) is 11.1. The van der Waals surface area contributed by atoms with E-state index in [4.69, 9.17) is 15.5 Å². The van der Waals surface area contributed by atoms with Gasteiger partial charge in [-0.15, -0.1) is 0 Å². The second kappa shape index (κ2) is 6.08. The Kier molecular flexibility index (Phi) is 3.76. The van der Waals surface area contributed by atoms with Crippen LogP contribution in [-0.2, 0) is 17.6 Å². The molecule has 0 saturated heterocycles. The van der Waals surface area contributed by atoms with Gasteiger partial charge < -0.3 is 15.8 Å². The normalized spacial score (nSPS) is 17.3. The minimum absolute atomic E-state index is 0.125. The zero-order chi connectivity index (χ0) is 17.4. The van der Waals surface area contributed by atoms with Crippen molar-refractivity contribution >= 4 is 34.8 Å². The third kappa shape index (κ3) is 2.88. The Hall–Kier alpha value is -3.09. The molecule has 7 heteroatoms. The molecule has 25 heavy (non-hydrogen) atoms. The van der Waals surface area contributed by atoms with Crippen LogP contribution in [0.25, 0.3) is 0 Å². The van der Waals surface area contributed by atoms with E-state index < -0.39 is 6.09 Å². The molecule has 2 aromatic rings. The molecular formula is C18H19N5O2. The highest BCUT2D eigenvalue weighted by molar-refractivity contribution is 6.03. The summed E-state index contributed by atoms with van der Waals surface area (Å²) in [6.45, 7) is 2.03. The van der Waals surface area contributed by atoms with Gasteiger partial charge in [-0.2, -0.15) is 0 Å². The molecule has 2 heterocycles. The molecule has 0 radical (unpaired) electrons. The van der Waals surface area contributed by atoms with Crippen LogP contribution in [0.5, 0.6) is 0 Å². The molecule has 0 fully saturated rings. The number of carbonyl (C=O) groups is 1. The summed E-state index contributed by atoms with van der Waals surface area (Å²) in [4.78, 5) is 20.5. The van der Waals surface area contributed by atoms with Crippen LogP contribution in [0, 0.1) is 0 Å². The maximum absolute atomic E-state index is 11.6. The van der Waals surface area contributed by atoms with Crippen LogP contribution in [0.1, 0.15) is 18.1 Å². The summed E-state index contributed by atoms with van der Waals surface area (Å²) >= 11 is 0. The number of aromatic nitrogens is 1. The summed E-state index contributed by atoms with van der Waals surface area (Å²) in [7, 11) is 0. The number of benzene rings is 1. The van der Waals surface area contributed by atoms with Crippen LogP contribution >= 0.6 is 0 Å². The largest absolute Gasteiger partial charge is 0.450 e. The second-order valence-corrected chi connectivity index (χ2v) is 6.08. The first-order valence-electron chi connectivity index (χ1n) is 8.29. The van der Waals surface area contributed by atoms with Gasteiger partial charge in [-0.05, 0) is 24.5 Å². The highest BCUT2D eigenvalue weighted by Gasteiger charge is 2.29. The zero-order valence-electron chi connectivity index (χ0n) is 13.9. The number of ether oxygens (including phenoxy) is 1. The highest BCUT2D eigenvalue weighted by atomic mass is 16.5. The third-order valence-corrected chi connectivity index (χ3v) is 4.43. The van der Waals surface area contributed by atoms with Crippen molar-refractivity contribution in [1.82, 2.24) is 4.98 Å². The Morgan fingerprint density at radius 1 is 1.40 bits per heavy atom. The van der Waals surface area contributed by atoms with Gasteiger partial charge in [0.15, 0.2) is 5.82 Å². The van der Waals surface area contributed by atoms with Crippen LogP contribution in [0.4, 0.5) is 27.8 Å². The van der Waals surface area contributed by atoms with Crippen molar-refractivity contribution in [1.29, 1.82) is 0 Å². The summed E-state index contributed by atoms with van der Waals surface area (Å²) < 4.78 is 4.88. The summed E-state index contributed by atoms with van der Waals surface area (Å²) in [6.07, 6.45) is 1.12. The van der Waals surface area contributed by atoms with Crippen molar-refractivity contribution in [3.63, 3.8) is 0 Å². The van der Waals surface area contributed by atoms with Crippen LogP contribution in [0.15, 0.2) is 35.3 Å². The quantitative estimate of drug-likeness (QED) is 0.782. The molecule has 1 aromatic heterocycles. The van der Waals surface area contributed by atoms with E-state index in [9.17, 15) is 4.79 Å². The fourth-order valence-corrected chi connectivity index (χ4v) is 3.29. The van der Waals surface area contributed by atoms with Crippen LogP contribution < -0.4 is 16.4 Å². The Balaban J connectivity index is 1.65. The van der Waals surface area contributed by atoms with Crippen LogP contribution in [0.2, 0.25) is 0 Å². The number of fused-ring (bicyclic) bond motifs is 3. The summed E-state index contributed by atoms with van der Waals surface area (Å²) in [6, 6.07) is 10.3. The van der Waals surface area contributed by atoms with E-state index in [-0.39, 0.29) is 11.9 Å². The van der Waals surface area contributed by atoms with Gasteiger partial charge in [0.2, 0.25) is 0 Å². The first-order chi connectivity index (χ1) is 12.1. The Morgan fingerprint density at radius 3 is 3.00 bits per heavy atom. The minimum atomic E-state index is -0.555. The maximum Gasteiger partial charge on any atom is 0.412 e. The van der Waals surface area contributed by atoms with Crippen LogP contribution in [-0.4, -0.2) is 29.4 Å². The molecule has 0 saturated carbocycles. The fourth-order valence-electron chi connectivity index (χ4n) is 3.29. The fraction of sp³-hybridized carbons (Fsp3) is 0.278. The van der Waals surface area contributed by atoms with Gasteiger partial charge in [-0.3, -0.25) is 5.32 Å². The number of anilines is 3. The zero-order valence-corrected chi connectivity index (χ0v) is 13.9. The first kappa shape index (κ1) is 15.4. The van der Waals surface area contributed by atoms with Gasteiger partial charge in [0, 0.05) is 18.2 Å². The molecule has 1 aliphatic heterocycles. The SMILES string of the molecule is CCOC(=O)Nc1cc2c(c(N)n1)N=C1Cc3ccccc3CC1N2. The van der Waals surface area contributed by atoms with Gasteiger partial charge in [0.05, 0.1) is 18.3 Å². The minimum Gasteiger partial charge on any atom is -0.450 e. The maximum atomic E-state index is 11.6. The van der Waals surface area contributed by atoms with Crippen molar-refractivity contribution in [3.05, 3.63) is 41.5 Å². The number of aliphatic imine (C=N–C) groups is 1. The van der Waals surface area contributed by atoms with Crippen molar-refractivity contribution in [2.24, 2.45) is 4.99 Å². The predicted molar refractivity (Wildman–Crippen MR) is 97.6 cm³/mol. The van der Waals surface area contributed by atoms with E-state index >= 15 is 0 Å². The van der Waals surface area contributed by atoms with E-state index in [1.807, 2.05) is 6.07 Å². The average Bonchev–Trinajstić information content (AvgIpc) is 2.59. The van der Waals surface area contributed by atoms with E-state index in [2.05, 4.69) is 33.8 Å². The molecule has 0 spiro atoms. The second-order valence-electron chi connectivity index (χ2n) is 6.08. The lowest BCUT2D eigenvalue weighted by molar-refractivity contribution is 0.168. The number of hydrogen-bond donors (Lipinski definition) is 3. The van der Waals surface area contributed by atoms with Crippen LogP contribution in [0.3, 0.4) is 0 Å². The number of pyridine rings is 1. The number of nitrogens with zero attached hydrogens (tertiary/aromatic N) is 2. The van der Waals surface area contributed by atoms with Crippen molar-refractivity contribution in [3.8, 4) is 0 Å². The molecule has 128 valence electrons. The standard InChI is InChI=1S/C18H19N5O2/c1-2-25-18(24)23-15-9-14-16(17(19)22-15)21-13-8-11-6-4-3-5-10(11)7-12(13)20-14/h3-6,9,12,20H,2,7-8H2,1H3,(H3,19,22,23,24). The van der Waals surface area contributed by atoms with Gasteiger partial charge in [-0.25, -0.2) is 14.8 Å². The highest BCUT2D eigenvalue weighted by Crippen LogP contribution is 2.38. The molecule has 4 N–H and O–H groups in total. The average molecular weight is 337 g/mol. The van der Waals surface area contributed by atoms with Gasteiger partial charge in [0.25, 0.3) is 0 Å². The lowest BCUT2D eigenvalue weighted by Gasteiger charge is -2.32. The molecule has 4 rings (SSSR count). The smallest absolute Gasteiger partial charge is 0.412 e. The van der Waals surface area contributed by atoms with Gasteiger partial charge >= 0.3 is 6.09 Å². The molecule has 1 aliphatic carbocycles. The number of nitrogens with one attached hydrogen (secondary N) is 2. The number of rotatable bonds is 2. The number of amides is 1. The Bertz CT molecular complexity index is 878. The molecule has 1 atom stereocenters. The lowest BCUT2D eigenvalue weighted by atomic mass is 9.85. The molecule has 1 unspecified atom stereocenters. The Labute approximate surface area is 145 Å². The summed E-state index contributed by atoms with van der Waals surface area (Å²) in [5.74, 6) is 0.624. The van der Waals surface area contributed by atoms with Crippen molar-refractivity contribution in [2.45, 2.75) is 25.8 Å². The van der Waals surface area contributed by atoms with E-state index in [1.165, 1.54) is 11.1 Å². The third-order valence-electron chi connectivity index (χ3n) is 4.43. The van der Waals surface area contributed by atoms with E-state index in [1.54, 1.807) is 13.0 Å². The predicted octanol–water partition coefficient (Wildman–Crippen LogP) is 2.90. The number of nitrogen functional groups attached to an aromatic ring is 1.